The summed E-state index contributed by atoms with van der Waals surface area (Å²) in [5.41, 5.74) is 0. The Morgan fingerprint density at radius 1 is 1.37 bits per heavy atom. The van der Waals surface area contributed by atoms with Crippen molar-refractivity contribution in [3.05, 3.63) is 22.7 Å². The number of methoxy groups -OCH3 is 1. The van der Waals surface area contributed by atoms with Gasteiger partial charge in [-0.05, 0) is 59.0 Å². The molecule has 1 rings (SSSR count). The van der Waals surface area contributed by atoms with E-state index in [2.05, 4.69) is 20.7 Å². The van der Waals surface area contributed by atoms with Crippen LogP contribution in [0.25, 0.3) is 0 Å². The first kappa shape index (κ1) is 16.8. The molecule has 1 N–H and O–H groups in total. The topological polar surface area (TPSA) is 55.4 Å². The van der Waals surface area contributed by atoms with Crippen molar-refractivity contribution in [3.63, 3.8) is 0 Å². The van der Waals surface area contributed by atoms with E-state index >= 15 is 0 Å². The monoisotopic (exact) mass is 367 g/mol. The molecule has 0 bridgehead atoms. The highest BCUT2D eigenvalue weighted by atomic mass is 79.9. The summed E-state index contributed by atoms with van der Waals surface area (Å²) in [6.07, 6.45) is 3.90. The number of hydrogen-bond acceptors (Lipinski definition) is 4. The van der Waals surface area contributed by atoms with Gasteiger partial charge in [-0.2, -0.15) is 11.8 Å². The molecular formula is C12H18BrNO3S2. The van der Waals surface area contributed by atoms with Crippen molar-refractivity contribution in [1.82, 2.24) is 4.72 Å². The van der Waals surface area contributed by atoms with Crippen LogP contribution in [0.4, 0.5) is 0 Å². The minimum Gasteiger partial charge on any atom is -0.496 e. The van der Waals surface area contributed by atoms with Gasteiger partial charge in [-0.1, -0.05) is 0 Å². The Morgan fingerprint density at radius 3 is 2.68 bits per heavy atom. The van der Waals surface area contributed by atoms with Crippen molar-refractivity contribution in [1.29, 1.82) is 0 Å². The molecule has 7 heteroatoms. The van der Waals surface area contributed by atoms with E-state index in [1.54, 1.807) is 23.9 Å². The SMILES string of the molecule is COc1ccc(S(=O)(=O)NCCCCSC)cc1Br. The number of hydrogen-bond donors (Lipinski definition) is 1. The van der Waals surface area contributed by atoms with Crippen LogP contribution in [0.3, 0.4) is 0 Å². The molecule has 19 heavy (non-hydrogen) atoms. The summed E-state index contributed by atoms with van der Waals surface area (Å²) in [5, 5.41) is 0. The van der Waals surface area contributed by atoms with E-state index in [0.29, 0.717) is 16.8 Å². The maximum absolute atomic E-state index is 12.0. The first-order chi connectivity index (χ1) is 9.01. The van der Waals surface area contributed by atoms with E-state index in [-0.39, 0.29) is 4.90 Å². The largest absolute Gasteiger partial charge is 0.496 e. The van der Waals surface area contributed by atoms with Crippen molar-refractivity contribution in [2.24, 2.45) is 0 Å². The van der Waals surface area contributed by atoms with E-state index in [0.717, 1.165) is 18.6 Å². The molecule has 0 aliphatic carbocycles. The maximum atomic E-state index is 12.0. The van der Waals surface area contributed by atoms with Crippen LogP contribution in [-0.4, -0.2) is 34.1 Å². The van der Waals surface area contributed by atoms with Gasteiger partial charge in [0.25, 0.3) is 0 Å². The standard InChI is InChI=1S/C12H18BrNO3S2/c1-17-12-6-5-10(9-11(12)13)19(15,16)14-7-3-4-8-18-2/h5-6,9,14H,3-4,7-8H2,1-2H3. The van der Waals surface area contributed by atoms with Crippen LogP contribution in [0.5, 0.6) is 5.75 Å². The van der Waals surface area contributed by atoms with Crippen molar-refractivity contribution < 1.29 is 13.2 Å². The van der Waals surface area contributed by atoms with Crippen molar-refractivity contribution in [2.75, 3.05) is 25.7 Å². The smallest absolute Gasteiger partial charge is 0.240 e. The van der Waals surface area contributed by atoms with Gasteiger partial charge in [-0.3, -0.25) is 0 Å². The zero-order chi connectivity index (χ0) is 14.3. The zero-order valence-corrected chi connectivity index (χ0v) is 14.2. The average Bonchev–Trinajstić information content (AvgIpc) is 2.38. The number of halogens is 1. The van der Waals surface area contributed by atoms with Gasteiger partial charge in [0.15, 0.2) is 0 Å². The Labute approximate surface area is 127 Å². The fourth-order valence-corrected chi connectivity index (χ4v) is 3.76. The Bertz CT molecular complexity index is 506. The second-order valence-corrected chi connectivity index (χ2v) is 7.50. The van der Waals surface area contributed by atoms with Crippen LogP contribution in [0.2, 0.25) is 0 Å². The maximum Gasteiger partial charge on any atom is 0.240 e. The van der Waals surface area contributed by atoms with E-state index in [4.69, 9.17) is 4.74 Å². The Morgan fingerprint density at radius 2 is 2.11 bits per heavy atom. The molecule has 0 aliphatic heterocycles. The summed E-state index contributed by atoms with van der Waals surface area (Å²) in [6.45, 7) is 0.465. The molecule has 0 amide bonds. The Kier molecular flexibility index (Phi) is 7.20. The molecule has 1 aromatic rings. The highest BCUT2D eigenvalue weighted by molar-refractivity contribution is 9.10. The fourth-order valence-electron chi connectivity index (χ4n) is 1.48. The van der Waals surface area contributed by atoms with Crippen molar-refractivity contribution >= 4 is 37.7 Å². The molecular weight excluding hydrogens is 350 g/mol. The Hall–Kier alpha value is -0.240. The number of nitrogens with one attached hydrogen (secondary N) is 1. The lowest BCUT2D eigenvalue weighted by molar-refractivity contribution is 0.411. The van der Waals surface area contributed by atoms with Gasteiger partial charge in [0, 0.05) is 6.54 Å². The van der Waals surface area contributed by atoms with E-state index in [1.807, 2.05) is 6.26 Å². The molecule has 0 radical (unpaired) electrons. The summed E-state index contributed by atoms with van der Waals surface area (Å²) in [4.78, 5) is 0.241. The molecule has 0 saturated heterocycles. The number of benzene rings is 1. The van der Waals surface area contributed by atoms with E-state index in [1.165, 1.54) is 13.2 Å². The zero-order valence-electron chi connectivity index (χ0n) is 11.0. The molecule has 108 valence electrons. The summed E-state index contributed by atoms with van der Waals surface area (Å²) in [6, 6.07) is 4.71. The number of unbranched alkanes of at least 4 members (excludes halogenated alkanes) is 1. The quantitative estimate of drug-likeness (QED) is 0.717. The summed E-state index contributed by atoms with van der Waals surface area (Å²) in [5.74, 6) is 1.66. The van der Waals surface area contributed by atoms with Crippen LogP contribution in [-0.2, 0) is 10.0 Å². The predicted octanol–water partition coefficient (Wildman–Crippen LogP) is 2.88. The highest BCUT2D eigenvalue weighted by Crippen LogP contribution is 2.27. The third kappa shape index (κ3) is 5.33. The van der Waals surface area contributed by atoms with Gasteiger partial charge in [0.1, 0.15) is 5.75 Å². The lowest BCUT2D eigenvalue weighted by Gasteiger charge is -2.09. The highest BCUT2D eigenvalue weighted by Gasteiger charge is 2.15. The number of rotatable bonds is 8. The first-order valence-corrected chi connectivity index (χ1v) is 9.50. The van der Waals surface area contributed by atoms with Gasteiger partial charge < -0.3 is 4.74 Å². The number of sulfonamides is 1. The van der Waals surface area contributed by atoms with Crippen LogP contribution in [0, 0.1) is 0 Å². The molecule has 1 aromatic carbocycles. The number of thioether (sulfide) groups is 1. The third-order valence-corrected chi connectivity index (χ3v) is 5.28. The number of ether oxygens (including phenoxy) is 1. The lowest BCUT2D eigenvalue weighted by atomic mass is 10.3. The van der Waals surface area contributed by atoms with E-state index < -0.39 is 10.0 Å². The molecule has 0 fully saturated rings. The second kappa shape index (κ2) is 8.14. The predicted molar refractivity (Wildman–Crippen MR) is 83.5 cm³/mol. The first-order valence-electron chi connectivity index (χ1n) is 5.83. The van der Waals surface area contributed by atoms with Gasteiger partial charge in [0.2, 0.25) is 10.0 Å². The molecule has 0 unspecified atom stereocenters. The van der Waals surface area contributed by atoms with Gasteiger partial charge in [-0.15, -0.1) is 0 Å². The molecule has 4 nitrogen and oxygen atoms in total. The minimum atomic E-state index is -3.44. The van der Waals surface area contributed by atoms with E-state index in [9.17, 15) is 8.42 Å². The van der Waals surface area contributed by atoms with Crippen LogP contribution < -0.4 is 9.46 Å². The third-order valence-electron chi connectivity index (χ3n) is 2.50. The summed E-state index contributed by atoms with van der Waals surface area (Å²) >= 11 is 5.05. The van der Waals surface area contributed by atoms with Gasteiger partial charge in [-0.25, -0.2) is 13.1 Å². The molecule has 0 aliphatic rings. The molecule has 0 heterocycles. The van der Waals surface area contributed by atoms with Crippen molar-refractivity contribution in [2.45, 2.75) is 17.7 Å². The van der Waals surface area contributed by atoms with Crippen LogP contribution >= 0.6 is 27.7 Å². The Balaban J connectivity index is 2.64. The van der Waals surface area contributed by atoms with Crippen molar-refractivity contribution in [3.8, 4) is 5.75 Å². The summed E-state index contributed by atoms with van der Waals surface area (Å²) in [7, 11) is -1.90. The molecule has 0 spiro atoms. The lowest BCUT2D eigenvalue weighted by Crippen LogP contribution is -2.24. The second-order valence-electron chi connectivity index (χ2n) is 3.89. The van der Waals surface area contributed by atoms with Gasteiger partial charge >= 0.3 is 0 Å². The fraction of sp³-hybridized carbons (Fsp3) is 0.500. The average molecular weight is 368 g/mol. The minimum absolute atomic E-state index is 0.241. The molecule has 0 aromatic heterocycles. The normalized spacial score (nSPS) is 11.5. The van der Waals surface area contributed by atoms with Crippen LogP contribution in [0.1, 0.15) is 12.8 Å². The van der Waals surface area contributed by atoms with Gasteiger partial charge in [0.05, 0.1) is 16.5 Å². The molecule has 0 saturated carbocycles. The van der Waals surface area contributed by atoms with Crippen LogP contribution in [0.15, 0.2) is 27.6 Å². The summed E-state index contributed by atoms with van der Waals surface area (Å²) < 4.78 is 32.4. The molecule has 0 atom stereocenters.